The molecule has 8 heteroatoms. The molecule has 1 aromatic rings. The van der Waals surface area contributed by atoms with Crippen LogP contribution in [-0.2, 0) is 0 Å². The molecule has 1 atom stereocenters. The molecule has 0 fully saturated rings. The van der Waals surface area contributed by atoms with Gasteiger partial charge in [-0.25, -0.2) is 0 Å². The zero-order valence-corrected chi connectivity index (χ0v) is 12.6. The number of nitrogens with two attached hydrogens (primary N) is 3. The van der Waals surface area contributed by atoms with Crippen LogP contribution in [0.5, 0.6) is 0 Å². The van der Waals surface area contributed by atoms with Gasteiger partial charge in [0.25, 0.3) is 0 Å². The van der Waals surface area contributed by atoms with Gasteiger partial charge in [0.1, 0.15) is 5.84 Å². The van der Waals surface area contributed by atoms with E-state index in [9.17, 15) is 0 Å². The van der Waals surface area contributed by atoms with Gasteiger partial charge in [-0.15, -0.1) is 29.9 Å². The van der Waals surface area contributed by atoms with Crippen molar-refractivity contribution in [3.8, 4) is 0 Å². The molecule has 0 saturated heterocycles. The van der Waals surface area contributed by atoms with Crippen LogP contribution in [0.2, 0.25) is 0 Å². The summed E-state index contributed by atoms with van der Waals surface area (Å²) in [5, 5.41) is 15.3. The van der Waals surface area contributed by atoms with E-state index in [2.05, 4.69) is 17.1 Å². The number of amidine groups is 1. The molecule has 1 aromatic carbocycles. The van der Waals surface area contributed by atoms with Gasteiger partial charge >= 0.3 is 0 Å². The minimum Gasteiger partial charge on any atom is -0.384 e. The smallest absolute Gasteiger partial charge is 0.211 e. The van der Waals surface area contributed by atoms with Crippen LogP contribution in [0.3, 0.4) is 0 Å². The second kappa shape index (κ2) is 7.12. The van der Waals surface area contributed by atoms with Crippen LogP contribution in [0.1, 0.15) is 36.0 Å². The number of guanidine groups is 1. The summed E-state index contributed by atoms with van der Waals surface area (Å²) in [6, 6.07) is 5.66. The molecule has 110 valence electrons. The third-order valence-corrected chi connectivity index (χ3v) is 2.99. The van der Waals surface area contributed by atoms with E-state index in [0.717, 1.165) is 28.8 Å². The summed E-state index contributed by atoms with van der Waals surface area (Å²) in [5.74, 6) is 0.265. The molecule has 0 bridgehead atoms. The zero-order chi connectivity index (χ0) is 13.3. The lowest BCUT2D eigenvalue weighted by molar-refractivity contribution is 0.831. The minimum atomic E-state index is -0.0636. The summed E-state index contributed by atoms with van der Waals surface area (Å²) < 4.78 is 0. The van der Waals surface area contributed by atoms with E-state index in [1.807, 2.05) is 18.2 Å². The normalized spacial score (nSPS) is 17.6. The zero-order valence-electron chi connectivity index (χ0n) is 11.0. The first-order valence-corrected chi connectivity index (χ1v) is 5.64. The van der Waals surface area contributed by atoms with E-state index >= 15 is 0 Å². The number of halogens is 2. The Morgan fingerprint density at radius 2 is 1.90 bits per heavy atom. The molecule has 0 heterocycles. The standard InChI is InChI=1S/C12H16N6.2ClH/c1-6-5-9(17-18-12(15)16)7-3-2-4-8(10(6)7)11(13)14;;/h2-4,6H,5H2,1H3,(H3,13,14)(H4,15,16,18);2*1H. The summed E-state index contributed by atoms with van der Waals surface area (Å²) in [6.45, 7) is 2.07. The first-order chi connectivity index (χ1) is 8.50. The number of rotatable bonds is 2. The topological polar surface area (TPSA) is 127 Å². The van der Waals surface area contributed by atoms with Crippen LogP contribution in [0.15, 0.2) is 28.4 Å². The first-order valence-electron chi connectivity index (χ1n) is 5.64. The Labute approximate surface area is 129 Å². The highest BCUT2D eigenvalue weighted by Crippen LogP contribution is 2.35. The van der Waals surface area contributed by atoms with Crippen molar-refractivity contribution in [3.05, 3.63) is 34.9 Å². The van der Waals surface area contributed by atoms with Crippen LogP contribution in [0, 0.1) is 5.41 Å². The van der Waals surface area contributed by atoms with Crippen molar-refractivity contribution in [2.24, 2.45) is 27.4 Å². The van der Waals surface area contributed by atoms with Gasteiger partial charge in [0, 0.05) is 11.1 Å². The average molecular weight is 317 g/mol. The van der Waals surface area contributed by atoms with Crippen molar-refractivity contribution < 1.29 is 0 Å². The summed E-state index contributed by atoms with van der Waals surface area (Å²) in [5.41, 5.74) is 19.7. The Kier molecular flexibility index (Phi) is 6.48. The molecular weight excluding hydrogens is 299 g/mol. The first kappa shape index (κ1) is 18.2. The molecule has 0 saturated carbocycles. The molecule has 1 aliphatic carbocycles. The fourth-order valence-electron chi connectivity index (χ4n) is 2.30. The van der Waals surface area contributed by atoms with Gasteiger partial charge in [0.2, 0.25) is 5.96 Å². The number of fused-ring (bicyclic) bond motifs is 1. The molecule has 20 heavy (non-hydrogen) atoms. The Hall–Kier alpha value is -1.79. The largest absolute Gasteiger partial charge is 0.384 e. The Balaban J connectivity index is 0.00000180. The highest BCUT2D eigenvalue weighted by Gasteiger charge is 2.27. The number of benzene rings is 1. The maximum absolute atomic E-state index is 7.60. The van der Waals surface area contributed by atoms with Crippen LogP contribution >= 0.6 is 24.8 Å². The van der Waals surface area contributed by atoms with Crippen molar-refractivity contribution in [3.63, 3.8) is 0 Å². The summed E-state index contributed by atoms with van der Waals surface area (Å²) in [7, 11) is 0. The molecule has 0 aromatic heterocycles. The molecule has 7 N–H and O–H groups in total. The molecular formula is C12H18Cl2N6. The second-order valence-corrected chi connectivity index (χ2v) is 4.36. The molecule has 0 aliphatic heterocycles. The highest BCUT2D eigenvalue weighted by molar-refractivity contribution is 6.09. The molecule has 1 unspecified atom stereocenters. The third-order valence-electron chi connectivity index (χ3n) is 2.99. The molecule has 6 nitrogen and oxygen atoms in total. The van der Waals surface area contributed by atoms with Crippen molar-refractivity contribution in [1.29, 1.82) is 5.41 Å². The highest BCUT2D eigenvalue weighted by atomic mass is 35.5. The Morgan fingerprint density at radius 3 is 2.45 bits per heavy atom. The molecule has 0 radical (unpaired) electrons. The lowest BCUT2D eigenvalue weighted by Crippen LogP contribution is -2.22. The summed E-state index contributed by atoms with van der Waals surface area (Å²) >= 11 is 0. The lowest BCUT2D eigenvalue weighted by atomic mass is 9.97. The predicted octanol–water partition coefficient (Wildman–Crippen LogP) is 1.30. The van der Waals surface area contributed by atoms with E-state index in [0.29, 0.717) is 0 Å². The molecule has 0 spiro atoms. The van der Waals surface area contributed by atoms with Crippen LogP contribution < -0.4 is 17.2 Å². The van der Waals surface area contributed by atoms with Crippen molar-refractivity contribution in [2.45, 2.75) is 19.3 Å². The number of nitrogens with zero attached hydrogens (tertiary/aromatic N) is 2. The maximum atomic E-state index is 7.60. The Morgan fingerprint density at radius 1 is 1.25 bits per heavy atom. The van der Waals surface area contributed by atoms with Crippen molar-refractivity contribution >= 4 is 42.3 Å². The Bertz CT molecular complexity index is 563. The van der Waals surface area contributed by atoms with Gasteiger partial charge < -0.3 is 17.2 Å². The van der Waals surface area contributed by atoms with Crippen LogP contribution in [0.25, 0.3) is 0 Å². The molecule has 2 rings (SSSR count). The van der Waals surface area contributed by atoms with Gasteiger partial charge in [-0.05, 0) is 17.9 Å². The van der Waals surface area contributed by atoms with Gasteiger partial charge in [0.05, 0.1) is 5.71 Å². The van der Waals surface area contributed by atoms with Gasteiger partial charge in [-0.2, -0.15) is 5.10 Å². The van der Waals surface area contributed by atoms with E-state index in [4.69, 9.17) is 22.6 Å². The maximum Gasteiger partial charge on any atom is 0.211 e. The summed E-state index contributed by atoms with van der Waals surface area (Å²) in [6.07, 6.45) is 0.746. The number of hydrogen-bond donors (Lipinski definition) is 4. The fourth-order valence-corrected chi connectivity index (χ4v) is 2.30. The van der Waals surface area contributed by atoms with E-state index in [1.165, 1.54) is 0 Å². The number of nitrogen functional groups attached to an aromatic ring is 1. The third kappa shape index (κ3) is 3.40. The van der Waals surface area contributed by atoms with Crippen molar-refractivity contribution in [2.75, 3.05) is 0 Å². The fraction of sp³-hybridized carbons (Fsp3) is 0.250. The van der Waals surface area contributed by atoms with E-state index in [1.54, 1.807) is 0 Å². The predicted molar refractivity (Wildman–Crippen MR) is 87.3 cm³/mol. The van der Waals surface area contributed by atoms with Gasteiger partial charge in [-0.1, -0.05) is 25.1 Å². The molecule has 1 aliphatic rings. The van der Waals surface area contributed by atoms with Crippen LogP contribution in [0.4, 0.5) is 0 Å². The molecule has 0 amide bonds. The van der Waals surface area contributed by atoms with E-state index in [-0.39, 0.29) is 42.5 Å². The lowest BCUT2D eigenvalue weighted by Gasteiger charge is -2.09. The van der Waals surface area contributed by atoms with E-state index < -0.39 is 0 Å². The van der Waals surface area contributed by atoms with Gasteiger partial charge in [-0.3, -0.25) is 5.41 Å². The SMILES string of the molecule is CC1CC(=NN=C(N)N)c2cccc(C(=N)N)c21.Cl.Cl. The number of nitrogens with one attached hydrogen (secondary N) is 1. The quantitative estimate of drug-likeness (QED) is 0.373. The summed E-state index contributed by atoms with van der Waals surface area (Å²) in [4.78, 5) is 0. The minimum absolute atomic E-state index is 0. The van der Waals surface area contributed by atoms with Gasteiger partial charge in [0.15, 0.2) is 0 Å². The second-order valence-electron chi connectivity index (χ2n) is 4.36. The average Bonchev–Trinajstić information content (AvgIpc) is 2.64. The van der Waals surface area contributed by atoms with Crippen molar-refractivity contribution in [1.82, 2.24) is 0 Å². The number of hydrogen-bond acceptors (Lipinski definition) is 3. The monoisotopic (exact) mass is 316 g/mol. The van der Waals surface area contributed by atoms with Crippen LogP contribution in [-0.4, -0.2) is 17.5 Å².